The van der Waals surface area contributed by atoms with Gasteiger partial charge in [0.25, 0.3) is 5.69 Å². The fourth-order valence-corrected chi connectivity index (χ4v) is 3.05. The van der Waals surface area contributed by atoms with Crippen LogP contribution >= 0.6 is 0 Å². The zero-order chi connectivity index (χ0) is 18.4. The molecule has 0 radical (unpaired) electrons. The van der Waals surface area contributed by atoms with Crippen LogP contribution in [0.1, 0.15) is 50.7 Å². The van der Waals surface area contributed by atoms with Gasteiger partial charge in [-0.1, -0.05) is 6.42 Å². The van der Waals surface area contributed by atoms with E-state index in [0.717, 1.165) is 25.9 Å². The number of aliphatic hydroxyl groups is 1. The largest absolute Gasteiger partial charge is 0.475 e. The van der Waals surface area contributed by atoms with Crippen LogP contribution in [0.3, 0.4) is 0 Å². The summed E-state index contributed by atoms with van der Waals surface area (Å²) in [6.07, 6.45) is 2.65. The van der Waals surface area contributed by atoms with Crippen LogP contribution < -0.4 is 10.5 Å². The topological polar surface area (TPSA) is 119 Å². The van der Waals surface area contributed by atoms with Crippen molar-refractivity contribution in [2.75, 3.05) is 13.1 Å². The number of rotatable bonds is 8. The number of carbonyl (C=O) groups is 1. The highest BCUT2D eigenvalue weighted by atomic mass is 16.6. The molecular weight excluding hydrogens is 326 g/mol. The molecule has 2 atom stereocenters. The maximum atomic E-state index is 11.1. The van der Waals surface area contributed by atoms with Crippen molar-refractivity contribution in [1.29, 1.82) is 0 Å². The molecule has 0 saturated carbocycles. The second-order valence-corrected chi connectivity index (χ2v) is 6.33. The van der Waals surface area contributed by atoms with E-state index in [4.69, 9.17) is 10.5 Å². The molecule has 1 amide bonds. The Kier molecular flexibility index (Phi) is 6.72. The van der Waals surface area contributed by atoms with Crippen molar-refractivity contribution >= 4 is 11.6 Å². The number of aliphatic hydroxyl groups excluding tert-OH is 1. The van der Waals surface area contributed by atoms with E-state index in [1.54, 1.807) is 0 Å². The lowest BCUT2D eigenvalue weighted by atomic mass is 10.1. The molecule has 8 nitrogen and oxygen atoms in total. The number of nitro groups is 1. The number of ether oxygens (including phenoxy) is 1. The van der Waals surface area contributed by atoms with Gasteiger partial charge in [0.2, 0.25) is 5.91 Å². The van der Waals surface area contributed by atoms with Crippen molar-refractivity contribution in [1.82, 2.24) is 4.90 Å². The van der Waals surface area contributed by atoms with Crippen molar-refractivity contribution in [2.45, 2.75) is 51.4 Å². The molecule has 0 spiro atoms. The quantitative estimate of drug-likeness (QED) is 0.547. The molecule has 3 N–H and O–H groups in total. The highest BCUT2D eigenvalue weighted by Gasteiger charge is 2.24. The van der Waals surface area contributed by atoms with Crippen LogP contribution in [0.2, 0.25) is 0 Å². The minimum absolute atomic E-state index is 0.144. The van der Waals surface area contributed by atoms with Crippen molar-refractivity contribution in [2.24, 2.45) is 5.73 Å². The summed E-state index contributed by atoms with van der Waals surface area (Å²) in [6.45, 7) is 3.22. The maximum absolute atomic E-state index is 11.1. The Balaban J connectivity index is 2.20. The highest BCUT2D eigenvalue weighted by Crippen LogP contribution is 2.30. The van der Waals surface area contributed by atoms with Crippen LogP contribution in [-0.4, -0.2) is 40.2 Å². The summed E-state index contributed by atoms with van der Waals surface area (Å²) >= 11 is 0. The molecule has 1 aliphatic rings. The Hall–Kier alpha value is -2.19. The number of piperidine rings is 1. The number of nitro benzene ring substituents is 1. The summed E-state index contributed by atoms with van der Waals surface area (Å²) in [4.78, 5) is 23.9. The minimum Gasteiger partial charge on any atom is -0.475 e. The summed E-state index contributed by atoms with van der Waals surface area (Å²) in [5, 5.41) is 20.9. The lowest BCUT2D eigenvalue weighted by molar-refractivity contribution is -0.386. The number of likely N-dealkylation sites (tertiary alicyclic amines) is 1. The van der Waals surface area contributed by atoms with Crippen LogP contribution in [0.4, 0.5) is 5.69 Å². The Bertz CT molecular complexity index is 614. The number of hydrogen-bond acceptors (Lipinski definition) is 6. The first-order valence-corrected chi connectivity index (χ1v) is 8.54. The molecule has 0 bridgehead atoms. The first-order chi connectivity index (χ1) is 11.9. The van der Waals surface area contributed by atoms with Gasteiger partial charge in [-0.2, -0.15) is 0 Å². The van der Waals surface area contributed by atoms with Crippen molar-refractivity contribution in [3.8, 4) is 5.75 Å². The Morgan fingerprint density at radius 1 is 1.40 bits per heavy atom. The van der Waals surface area contributed by atoms with Crippen molar-refractivity contribution in [3.63, 3.8) is 0 Å². The molecule has 1 fully saturated rings. The predicted octanol–water partition coefficient (Wildman–Crippen LogP) is 2.10. The Morgan fingerprint density at radius 2 is 2.08 bits per heavy atom. The average molecular weight is 351 g/mol. The van der Waals surface area contributed by atoms with Crippen LogP contribution in [0.25, 0.3) is 0 Å². The van der Waals surface area contributed by atoms with E-state index in [1.165, 1.54) is 31.5 Å². The number of nitrogens with zero attached hydrogens (tertiary/aromatic N) is 2. The van der Waals surface area contributed by atoms with Gasteiger partial charge < -0.3 is 15.6 Å². The van der Waals surface area contributed by atoms with Gasteiger partial charge in [0, 0.05) is 32.0 Å². The van der Waals surface area contributed by atoms with E-state index >= 15 is 0 Å². The van der Waals surface area contributed by atoms with Crippen LogP contribution in [-0.2, 0) is 4.79 Å². The second kappa shape index (κ2) is 8.77. The molecule has 2 unspecified atom stereocenters. The minimum atomic E-state index is -0.983. The molecule has 25 heavy (non-hydrogen) atoms. The molecular formula is C17H25N3O5. The molecule has 8 heteroatoms. The molecule has 0 aliphatic carbocycles. The van der Waals surface area contributed by atoms with Gasteiger partial charge in [0.05, 0.1) is 16.6 Å². The van der Waals surface area contributed by atoms with Gasteiger partial charge in [-0.25, -0.2) is 0 Å². The zero-order valence-electron chi connectivity index (χ0n) is 14.4. The zero-order valence-corrected chi connectivity index (χ0v) is 14.4. The van der Waals surface area contributed by atoms with E-state index in [9.17, 15) is 20.0 Å². The lowest BCUT2D eigenvalue weighted by Crippen LogP contribution is -2.43. The first-order valence-electron chi connectivity index (χ1n) is 8.54. The number of primary amides is 1. The maximum Gasteiger partial charge on any atom is 0.275 e. The van der Waals surface area contributed by atoms with Crippen molar-refractivity contribution < 1.29 is 19.6 Å². The van der Waals surface area contributed by atoms with E-state index in [1.807, 2.05) is 0 Å². The average Bonchev–Trinajstić information content (AvgIpc) is 2.58. The summed E-state index contributed by atoms with van der Waals surface area (Å²) < 4.78 is 6.01. The molecule has 1 saturated heterocycles. The molecule has 1 aromatic carbocycles. The molecule has 1 heterocycles. The monoisotopic (exact) mass is 351 g/mol. The smallest absolute Gasteiger partial charge is 0.275 e. The van der Waals surface area contributed by atoms with E-state index in [0.29, 0.717) is 12.2 Å². The Morgan fingerprint density at radius 3 is 2.64 bits per heavy atom. The summed E-state index contributed by atoms with van der Waals surface area (Å²) in [5.74, 6) is 0.0422. The molecule has 2 rings (SSSR count). The van der Waals surface area contributed by atoms with Crippen LogP contribution in [0.5, 0.6) is 5.75 Å². The highest BCUT2D eigenvalue weighted by molar-refractivity contribution is 5.73. The molecule has 1 aliphatic heterocycles. The van der Waals surface area contributed by atoms with Gasteiger partial charge in [-0.05, 0) is 31.9 Å². The summed E-state index contributed by atoms with van der Waals surface area (Å²) in [5.41, 5.74) is 5.32. The number of hydrogen-bond donors (Lipinski definition) is 2. The standard InChI is InChI=1S/C17H25N3O5/c1-12(21)14-11-13(5-6-15(14)20(23)24)25-17(8-7-16(18)22)19-9-3-2-4-10-19/h5-6,11-12,17,21H,2-4,7-10H2,1H3,(H2,18,22). The fourth-order valence-electron chi connectivity index (χ4n) is 3.05. The number of amides is 1. The van der Waals surface area contributed by atoms with Gasteiger partial charge >= 0.3 is 0 Å². The molecule has 0 aromatic heterocycles. The SMILES string of the molecule is CC(O)c1cc(OC(CCC(N)=O)N2CCCCC2)ccc1[N+](=O)[O-]. The van der Waals surface area contributed by atoms with Crippen molar-refractivity contribution in [3.05, 3.63) is 33.9 Å². The van der Waals surface area contributed by atoms with E-state index in [-0.39, 0.29) is 29.8 Å². The number of nitrogens with two attached hydrogens (primary N) is 1. The number of benzene rings is 1. The van der Waals surface area contributed by atoms with Gasteiger partial charge in [0.1, 0.15) is 5.75 Å². The molecule has 1 aromatic rings. The summed E-state index contributed by atoms with van der Waals surface area (Å²) in [7, 11) is 0. The molecule has 138 valence electrons. The second-order valence-electron chi connectivity index (χ2n) is 6.33. The predicted molar refractivity (Wildman–Crippen MR) is 92.0 cm³/mol. The normalized spacial score (nSPS) is 17.7. The third kappa shape index (κ3) is 5.40. The fraction of sp³-hybridized carbons (Fsp3) is 0.588. The third-order valence-electron chi connectivity index (χ3n) is 4.35. The van der Waals surface area contributed by atoms with Gasteiger partial charge in [-0.3, -0.25) is 19.8 Å². The van der Waals surface area contributed by atoms with E-state index < -0.39 is 11.0 Å². The van der Waals surface area contributed by atoms with Gasteiger partial charge in [0.15, 0.2) is 6.23 Å². The third-order valence-corrected chi connectivity index (χ3v) is 4.35. The first kappa shape index (κ1) is 19.1. The Labute approximate surface area is 146 Å². The lowest BCUT2D eigenvalue weighted by Gasteiger charge is -2.34. The summed E-state index contributed by atoms with van der Waals surface area (Å²) in [6, 6.07) is 4.34. The van der Waals surface area contributed by atoms with Crippen LogP contribution in [0, 0.1) is 10.1 Å². The van der Waals surface area contributed by atoms with Crippen LogP contribution in [0.15, 0.2) is 18.2 Å². The van der Waals surface area contributed by atoms with Gasteiger partial charge in [-0.15, -0.1) is 0 Å². The number of carbonyl (C=O) groups excluding carboxylic acids is 1. The van der Waals surface area contributed by atoms with E-state index in [2.05, 4.69) is 4.90 Å².